The molecule has 3 N–H and O–H groups in total. The average Bonchev–Trinajstić information content (AvgIpc) is 2.51. The molecule has 0 saturated heterocycles. The topological polar surface area (TPSA) is 72.2 Å². The summed E-state index contributed by atoms with van der Waals surface area (Å²) in [5.41, 5.74) is 5.25. The summed E-state index contributed by atoms with van der Waals surface area (Å²) in [7, 11) is 1.77. The zero-order valence-corrected chi connectivity index (χ0v) is 15.7. The smallest absolute Gasteiger partial charge is 0.146 e. The molecular formula is C16H40N2O2. The van der Waals surface area contributed by atoms with Crippen LogP contribution in [0.5, 0.6) is 0 Å². The molecule has 0 aromatic rings. The first kappa shape index (κ1) is 31.6. The van der Waals surface area contributed by atoms with Gasteiger partial charge in [-0.05, 0) is 26.8 Å². The third kappa shape index (κ3) is 36.0. The van der Waals surface area contributed by atoms with Crippen molar-refractivity contribution in [2.24, 2.45) is 11.7 Å². The minimum atomic E-state index is -0.278. The minimum absolute atomic E-state index is 0.0139. The molecule has 0 amide bonds. The van der Waals surface area contributed by atoms with E-state index in [1.165, 1.54) is 0 Å². The molecule has 2 unspecified atom stereocenters. The van der Waals surface area contributed by atoms with E-state index in [2.05, 4.69) is 5.32 Å². The molecule has 0 aliphatic carbocycles. The Morgan fingerprint density at radius 1 is 1.00 bits per heavy atom. The van der Waals surface area contributed by atoms with Gasteiger partial charge >= 0.3 is 0 Å². The van der Waals surface area contributed by atoms with Crippen LogP contribution < -0.4 is 11.1 Å². The lowest BCUT2D eigenvalue weighted by Gasteiger charge is -2.04. The van der Waals surface area contributed by atoms with Gasteiger partial charge in [-0.3, -0.25) is 4.79 Å². The monoisotopic (exact) mass is 292 g/mol. The van der Waals surface area contributed by atoms with Crippen LogP contribution in [0, 0.1) is 5.92 Å². The zero-order valence-electron chi connectivity index (χ0n) is 15.7. The number of hydrogen-bond donors (Lipinski definition) is 2. The highest BCUT2D eigenvalue weighted by Gasteiger charge is 2.02. The Hall–Kier alpha value is -0.740. The predicted octanol–water partition coefficient (Wildman–Crippen LogP) is 3.43. The lowest BCUT2D eigenvalue weighted by molar-refractivity contribution is -0.118. The Bertz CT molecular complexity index is 172. The first-order valence-electron chi connectivity index (χ1n) is 7.75. The van der Waals surface area contributed by atoms with E-state index in [0.717, 1.165) is 6.29 Å². The quantitative estimate of drug-likeness (QED) is 0.779. The summed E-state index contributed by atoms with van der Waals surface area (Å²) in [5.74, 6) is 0.458. The molecule has 0 fully saturated rings. The normalized spacial score (nSPS) is 10.7. The summed E-state index contributed by atoms with van der Waals surface area (Å²) < 4.78 is 0. The van der Waals surface area contributed by atoms with Crippen LogP contribution in [0.2, 0.25) is 0 Å². The molecule has 0 spiro atoms. The third-order valence-corrected chi connectivity index (χ3v) is 1.97. The maximum Gasteiger partial charge on any atom is 0.146 e. The molecule has 0 aliphatic rings. The molecule has 4 nitrogen and oxygen atoms in total. The molecule has 0 saturated carbocycles. The van der Waals surface area contributed by atoms with Crippen LogP contribution in [-0.4, -0.2) is 31.2 Å². The second-order valence-electron chi connectivity index (χ2n) is 3.58. The Balaban J connectivity index is -0.0000000545. The van der Waals surface area contributed by atoms with Gasteiger partial charge in [0, 0.05) is 0 Å². The van der Waals surface area contributed by atoms with Crippen molar-refractivity contribution in [1.82, 2.24) is 5.32 Å². The number of likely N-dealkylation sites (N-methyl/N-ethyl adjacent to an activating group) is 1. The molecule has 20 heavy (non-hydrogen) atoms. The largest absolute Gasteiger partial charge is 0.322 e. The van der Waals surface area contributed by atoms with Crippen molar-refractivity contribution in [2.45, 2.75) is 81.3 Å². The van der Waals surface area contributed by atoms with Crippen molar-refractivity contribution in [3.63, 3.8) is 0 Å². The van der Waals surface area contributed by atoms with Gasteiger partial charge in [-0.15, -0.1) is 0 Å². The van der Waals surface area contributed by atoms with Gasteiger partial charge in [0.2, 0.25) is 0 Å². The number of ketones is 1. The Morgan fingerprint density at radius 2 is 1.30 bits per heavy atom. The second kappa shape index (κ2) is 30.9. The summed E-state index contributed by atoms with van der Waals surface area (Å²) in [6.45, 7) is 19.2. The molecule has 126 valence electrons. The maximum absolute atomic E-state index is 10.3. The number of carbonyl (C=O) groups excluding carboxylic acids is 2. The van der Waals surface area contributed by atoms with Crippen LogP contribution in [-0.2, 0) is 9.59 Å². The average molecular weight is 293 g/mol. The van der Waals surface area contributed by atoms with Gasteiger partial charge in [-0.25, -0.2) is 0 Å². The van der Waals surface area contributed by atoms with Gasteiger partial charge in [0.1, 0.15) is 12.1 Å². The van der Waals surface area contributed by atoms with Crippen molar-refractivity contribution in [1.29, 1.82) is 0 Å². The zero-order chi connectivity index (χ0) is 17.7. The van der Waals surface area contributed by atoms with Gasteiger partial charge in [0.05, 0.1) is 12.1 Å². The molecule has 0 aromatic carbocycles. The summed E-state index contributed by atoms with van der Waals surface area (Å²) in [6.07, 6.45) is 0.769. The SMILES string of the molecule is CC.CC.CC.CC(C)C(N)C=O.CNC(C)C(C)=O. The van der Waals surface area contributed by atoms with Crippen molar-refractivity contribution < 1.29 is 9.59 Å². The van der Waals surface area contributed by atoms with E-state index in [4.69, 9.17) is 5.73 Å². The van der Waals surface area contributed by atoms with E-state index in [0.29, 0.717) is 0 Å². The van der Waals surface area contributed by atoms with Gasteiger partial charge in [-0.1, -0.05) is 55.4 Å². The van der Waals surface area contributed by atoms with E-state index >= 15 is 0 Å². The number of rotatable bonds is 4. The summed E-state index contributed by atoms with van der Waals surface area (Å²) in [4.78, 5) is 20.1. The fourth-order valence-corrected chi connectivity index (χ4v) is 0.360. The highest BCUT2D eigenvalue weighted by Crippen LogP contribution is 1.92. The van der Waals surface area contributed by atoms with Crippen LogP contribution in [0.3, 0.4) is 0 Å². The van der Waals surface area contributed by atoms with Gasteiger partial charge in [0.15, 0.2) is 0 Å². The van der Waals surface area contributed by atoms with E-state index in [9.17, 15) is 9.59 Å². The number of nitrogens with two attached hydrogens (primary N) is 1. The summed E-state index contributed by atoms with van der Waals surface area (Å²) in [6, 6.07) is -0.264. The van der Waals surface area contributed by atoms with Crippen molar-refractivity contribution in [3.05, 3.63) is 0 Å². The van der Waals surface area contributed by atoms with E-state index < -0.39 is 0 Å². The second-order valence-corrected chi connectivity index (χ2v) is 3.58. The molecule has 0 radical (unpaired) electrons. The molecule has 0 aliphatic heterocycles. The number of hydrogen-bond acceptors (Lipinski definition) is 4. The van der Waals surface area contributed by atoms with Crippen molar-refractivity contribution in [2.75, 3.05) is 7.05 Å². The minimum Gasteiger partial charge on any atom is -0.322 e. The standard InChI is InChI=1S/2C5H11NO.3C2H6/c1-4(6-3)5(2)7;1-4(2)5(6)3-7;3*1-2/h4,6H,1-3H3;3-5H,6H2,1-2H3;3*1-2H3. The van der Waals surface area contributed by atoms with Crippen LogP contribution in [0.15, 0.2) is 0 Å². The number of nitrogens with one attached hydrogen (secondary N) is 1. The van der Waals surface area contributed by atoms with Crippen LogP contribution in [0.25, 0.3) is 0 Å². The Morgan fingerprint density at radius 3 is 1.30 bits per heavy atom. The molecule has 2 atom stereocenters. The fourth-order valence-electron chi connectivity index (χ4n) is 0.360. The molecule has 0 heterocycles. The predicted molar refractivity (Wildman–Crippen MR) is 92.1 cm³/mol. The molecule has 0 rings (SSSR count). The molecular weight excluding hydrogens is 252 g/mol. The first-order valence-corrected chi connectivity index (χ1v) is 7.75. The Kier molecular flexibility index (Phi) is 48.9. The first-order chi connectivity index (χ1) is 9.36. The van der Waals surface area contributed by atoms with Gasteiger partial charge in [0.25, 0.3) is 0 Å². The number of carbonyl (C=O) groups is 2. The van der Waals surface area contributed by atoms with Crippen LogP contribution in [0.1, 0.15) is 69.2 Å². The number of aldehydes is 1. The maximum atomic E-state index is 10.3. The molecule has 0 bridgehead atoms. The van der Waals surface area contributed by atoms with Gasteiger partial charge in [-0.2, -0.15) is 0 Å². The van der Waals surface area contributed by atoms with Crippen LogP contribution in [0.4, 0.5) is 0 Å². The third-order valence-electron chi connectivity index (χ3n) is 1.97. The highest BCUT2D eigenvalue weighted by molar-refractivity contribution is 5.80. The molecule has 0 aromatic heterocycles. The van der Waals surface area contributed by atoms with Gasteiger partial charge < -0.3 is 15.8 Å². The lowest BCUT2D eigenvalue weighted by Crippen LogP contribution is -2.28. The van der Waals surface area contributed by atoms with E-state index in [1.807, 2.05) is 62.3 Å². The number of Topliss-reactive ketones (excluding diaryl/α,β-unsaturated/α-hetero) is 1. The summed E-state index contributed by atoms with van der Waals surface area (Å²) >= 11 is 0. The van der Waals surface area contributed by atoms with E-state index in [1.54, 1.807) is 14.0 Å². The van der Waals surface area contributed by atoms with Crippen molar-refractivity contribution in [3.8, 4) is 0 Å². The fraction of sp³-hybridized carbons (Fsp3) is 0.875. The van der Waals surface area contributed by atoms with E-state index in [-0.39, 0.29) is 23.8 Å². The van der Waals surface area contributed by atoms with Crippen LogP contribution >= 0.6 is 0 Å². The molecule has 4 heteroatoms. The lowest BCUT2D eigenvalue weighted by atomic mass is 10.1. The van der Waals surface area contributed by atoms with Crippen molar-refractivity contribution >= 4 is 12.1 Å². The highest BCUT2D eigenvalue weighted by atomic mass is 16.1. The Labute approximate surface area is 127 Å². The summed E-state index contributed by atoms with van der Waals surface area (Å²) in [5, 5.41) is 2.81.